The maximum Gasteiger partial charge on any atom is 0.355 e. The first kappa shape index (κ1) is 16.8. The number of thiazole rings is 1. The van der Waals surface area contributed by atoms with Crippen molar-refractivity contribution in [3.05, 3.63) is 40.3 Å². The molecule has 1 amide bonds. The van der Waals surface area contributed by atoms with E-state index in [4.69, 9.17) is 14.6 Å². The highest BCUT2D eigenvalue weighted by atomic mass is 32.1. The minimum Gasteiger partial charge on any atom is -0.497 e. The van der Waals surface area contributed by atoms with E-state index in [1.165, 1.54) is 16.7 Å². The molecule has 1 heterocycles. The van der Waals surface area contributed by atoms with Crippen LogP contribution in [0.2, 0.25) is 0 Å². The molecule has 0 bridgehead atoms. The van der Waals surface area contributed by atoms with Crippen molar-refractivity contribution in [2.75, 3.05) is 20.3 Å². The van der Waals surface area contributed by atoms with Crippen LogP contribution in [0, 0.1) is 0 Å². The summed E-state index contributed by atoms with van der Waals surface area (Å²) in [4.78, 5) is 26.3. The summed E-state index contributed by atoms with van der Waals surface area (Å²) in [5.41, 5.74) is 0.0256. The number of carbonyl (C=O) groups excluding carboxylic acids is 1. The van der Waals surface area contributed by atoms with Crippen molar-refractivity contribution in [2.24, 2.45) is 0 Å². The number of ether oxygens (including phenoxy) is 2. The number of aromatic nitrogens is 1. The molecule has 8 heteroatoms. The predicted octanol–water partition coefficient (Wildman–Crippen LogP) is 1.59. The Kier molecular flexibility index (Phi) is 5.93. The molecule has 0 saturated heterocycles. The van der Waals surface area contributed by atoms with Crippen LogP contribution in [0.1, 0.15) is 15.5 Å². The lowest BCUT2D eigenvalue weighted by atomic mass is 10.3. The van der Waals surface area contributed by atoms with E-state index in [2.05, 4.69) is 10.3 Å². The van der Waals surface area contributed by atoms with Crippen molar-refractivity contribution < 1.29 is 24.2 Å². The van der Waals surface area contributed by atoms with Gasteiger partial charge in [0.25, 0.3) is 5.91 Å². The first-order chi connectivity index (χ1) is 11.1. The molecule has 0 aliphatic rings. The van der Waals surface area contributed by atoms with Crippen LogP contribution in [0.3, 0.4) is 0 Å². The Morgan fingerprint density at radius 3 is 2.83 bits per heavy atom. The summed E-state index contributed by atoms with van der Waals surface area (Å²) in [6.45, 7) is 0.262. The van der Waals surface area contributed by atoms with Crippen molar-refractivity contribution in [3.8, 4) is 11.5 Å². The minimum atomic E-state index is -1.05. The zero-order valence-electron chi connectivity index (χ0n) is 12.4. The van der Waals surface area contributed by atoms with Gasteiger partial charge in [-0.1, -0.05) is 6.07 Å². The Morgan fingerprint density at radius 1 is 1.35 bits per heavy atom. The second-order valence-electron chi connectivity index (χ2n) is 4.50. The first-order valence-corrected chi connectivity index (χ1v) is 7.67. The molecule has 0 aliphatic heterocycles. The topological polar surface area (TPSA) is 97.8 Å². The summed E-state index contributed by atoms with van der Waals surface area (Å²) in [6.07, 6.45) is 0.475. The number of benzene rings is 1. The Balaban J connectivity index is 1.71. The second-order valence-corrected chi connectivity index (χ2v) is 5.44. The molecule has 0 spiro atoms. The number of carbonyl (C=O) groups is 2. The molecule has 0 radical (unpaired) electrons. The molecule has 1 aromatic carbocycles. The molecule has 0 atom stereocenters. The van der Waals surface area contributed by atoms with E-state index >= 15 is 0 Å². The summed E-state index contributed by atoms with van der Waals surface area (Å²) in [5.74, 6) is -0.113. The van der Waals surface area contributed by atoms with Crippen molar-refractivity contribution >= 4 is 23.2 Å². The number of aromatic carboxylic acids is 1. The molecule has 0 aliphatic carbocycles. The lowest BCUT2D eigenvalue weighted by Crippen LogP contribution is -2.30. The van der Waals surface area contributed by atoms with Gasteiger partial charge in [-0.15, -0.1) is 11.3 Å². The average Bonchev–Trinajstić information content (AvgIpc) is 3.02. The number of methoxy groups -OCH3 is 1. The SMILES string of the molecule is COc1cccc(OCC(=O)NCCc2nc(C(=O)O)cs2)c1. The van der Waals surface area contributed by atoms with Crippen LogP contribution in [0.25, 0.3) is 0 Å². The van der Waals surface area contributed by atoms with Crippen molar-refractivity contribution in [3.63, 3.8) is 0 Å². The monoisotopic (exact) mass is 336 g/mol. The van der Waals surface area contributed by atoms with Crippen LogP contribution < -0.4 is 14.8 Å². The Bertz CT molecular complexity index is 686. The highest BCUT2D eigenvalue weighted by molar-refractivity contribution is 7.09. The van der Waals surface area contributed by atoms with E-state index in [-0.39, 0.29) is 18.2 Å². The van der Waals surface area contributed by atoms with E-state index in [0.717, 1.165) is 0 Å². The molecular formula is C15H16N2O5S. The quantitative estimate of drug-likeness (QED) is 0.760. The van der Waals surface area contributed by atoms with E-state index < -0.39 is 5.97 Å². The number of nitrogens with zero attached hydrogens (tertiary/aromatic N) is 1. The third-order valence-electron chi connectivity index (χ3n) is 2.84. The highest BCUT2D eigenvalue weighted by Crippen LogP contribution is 2.18. The normalized spacial score (nSPS) is 10.1. The fourth-order valence-corrected chi connectivity index (χ4v) is 2.50. The third kappa shape index (κ3) is 5.26. The van der Waals surface area contributed by atoms with E-state index in [1.807, 2.05) is 0 Å². The van der Waals surface area contributed by atoms with Crippen molar-refractivity contribution in [1.82, 2.24) is 10.3 Å². The standard InChI is InChI=1S/C15H16N2O5S/c1-21-10-3-2-4-11(7-10)22-8-13(18)16-6-5-14-17-12(9-23-14)15(19)20/h2-4,7,9H,5-6,8H2,1H3,(H,16,18)(H,19,20). The lowest BCUT2D eigenvalue weighted by Gasteiger charge is -2.08. The van der Waals surface area contributed by atoms with E-state index in [1.54, 1.807) is 31.4 Å². The molecule has 0 saturated carbocycles. The van der Waals surface area contributed by atoms with Gasteiger partial charge in [-0.3, -0.25) is 4.79 Å². The van der Waals surface area contributed by atoms with Gasteiger partial charge in [-0.2, -0.15) is 0 Å². The third-order valence-corrected chi connectivity index (χ3v) is 3.75. The van der Waals surface area contributed by atoms with Gasteiger partial charge in [-0.05, 0) is 12.1 Å². The number of carboxylic acids is 1. The zero-order valence-corrected chi connectivity index (χ0v) is 13.3. The average molecular weight is 336 g/mol. The molecule has 7 nitrogen and oxygen atoms in total. The van der Waals surface area contributed by atoms with Gasteiger partial charge >= 0.3 is 5.97 Å². The fourth-order valence-electron chi connectivity index (χ4n) is 1.72. The maximum atomic E-state index is 11.7. The fraction of sp³-hybridized carbons (Fsp3) is 0.267. The smallest absolute Gasteiger partial charge is 0.355 e. The number of nitrogens with one attached hydrogen (secondary N) is 1. The first-order valence-electron chi connectivity index (χ1n) is 6.79. The van der Waals surface area contributed by atoms with Crippen LogP contribution in [-0.2, 0) is 11.2 Å². The summed E-state index contributed by atoms with van der Waals surface area (Å²) >= 11 is 1.26. The van der Waals surface area contributed by atoms with Crippen LogP contribution >= 0.6 is 11.3 Å². The van der Waals surface area contributed by atoms with Crippen molar-refractivity contribution in [2.45, 2.75) is 6.42 Å². The zero-order chi connectivity index (χ0) is 16.7. The number of hydrogen-bond acceptors (Lipinski definition) is 6. The number of carboxylic acid groups (broad SMARTS) is 1. The van der Waals surface area contributed by atoms with Gasteiger partial charge in [0.15, 0.2) is 12.3 Å². The summed E-state index contributed by atoms with van der Waals surface area (Å²) in [7, 11) is 1.56. The molecule has 1 aromatic heterocycles. The largest absolute Gasteiger partial charge is 0.497 e. The number of hydrogen-bond donors (Lipinski definition) is 2. The van der Waals surface area contributed by atoms with Gasteiger partial charge in [0, 0.05) is 24.4 Å². The van der Waals surface area contributed by atoms with Crippen molar-refractivity contribution in [1.29, 1.82) is 0 Å². The molecule has 0 unspecified atom stereocenters. The summed E-state index contributed by atoms with van der Waals surface area (Å²) in [5, 5.41) is 13.6. The molecule has 2 rings (SSSR count). The summed E-state index contributed by atoms with van der Waals surface area (Å²) < 4.78 is 10.4. The van der Waals surface area contributed by atoms with Gasteiger partial charge in [0.2, 0.25) is 0 Å². The maximum absolute atomic E-state index is 11.7. The molecular weight excluding hydrogens is 320 g/mol. The van der Waals surface area contributed by atoms with Gasteiger partial charge in [-0.25, -0.2) is 9.78 Å². The lowest BCUT2D eigenvalue weighted by molar-refractivity contribution is -0.123. The molecule has 2 N–H and O–H groups in total. The second kappa shape index (κ2) is 8.14. The molecule has 2 aromatic rings. The van der Waals surface area contributed by atoms with Gasteiger partial charge in [0.1, 0.15) is 11.5 Å². The highest BCUT2D eigenvalue weighted by Gasteiger charge is 2.09. The molecule has 122 valence electrons. The van der Waals surface area contributed by atoms with Crippen LogP contribution in [0.5, 0.6) is 11.5 Å². The number of rotatable bonds is 8. The minimum absolute atomic E-state index is 0.0256. The van der Waals surface area contributed by atoms with Crippen LogP contribution in [0.4, 0.5) is 0 Å². The van der Waals surface area contributed by atoms with E-state index in [0.29, 0.717) is 29.5 Å². The predicted molar refractivity (Wildman–Crippen MR) is 84.3 cm³/mol. The Morgan fingerprint density at radius 2 is 2.13 bits per heavy atom. The number of amides is 1. The Labute approximate surface area is 136 Å². The van der Waals surface area contributed by atoms with Gasteiger partial charge in [0.05, 0.1) is 12.1 Å². The Hall–Kier alpha value is -2.61. The van der Waals surface area contributed by atoms with E-state index in [9.17, 15) is 9.59 Å². The van der Waals surface area contributed by atoms with Crippen LogP contribution in [-0.4, -0.2) is 42.2 Å². The molecule has 0 fully saturated rings. The van der Waals surface area contributed by atoms with Crippen LogP contribution in [0.15, 0.2) is 29.6 Å². The molecule has 23 heavy (non-hydrogen) atoms. The summed E-state index contributed by atoms with van der Waals surface area (Å²) in [6, 6.07) is 6.98. The van der Waals surface area contributed by atoms with Gasteiger partial charge < -0.3 is 19.9 Å².